The van der Waals surface area contributed by atoms with Crippen LogP contribution in [0.5, 0.6) is 0 Å². The van der Waals surface area contributed by atoms with Crippen molar-refractivity contribution in [2.24, 2.45) is 11.8 Å². The SMILES string of the molecule is CC(O)CNC(=O)c1cccc(NC(=O)C2CC2C)c1. The van der Waals surface area contributed by atoms with E-state index in [4.69, 9.17) is 5.11 Å². The van der Waals surface area contributed by atoms with Crippen LogP contribution in [0.25, 0.3) is 0 Å². The van der Waals surface area contributed by atoms with Crippen molar-refractivity contribution in [2.45, 2.75) is 26.4 Å². The fourth-order valence-corrected chi connectivity index (χ4v) is 2.00. The molecule has 20 heavy (non-hydrogen) atoms. The number of aliphatic hydroxyl groups is 1. The van der Waals surface area contributed by atoms with Gasteiger partial charge in [-0.25, -0.2) is 0 Å². The van der Waals surface area contributed by atoms with E-state index >= 15 is 0 Å². The minimum Gasteiger partial charge on any atom is -0.392 e. The molecule has 2 rings (SSSR count). The number of anilines is 1. The molecule has 1 aliphatic rings. The lowest BCUT2D eigenvalue weighted by Gasteiger charge is -2.09. The lowest BCUT2D eigenvalue weighted by molar-refractivity contribution is -0.117. The highest BCUT2D eigenvalue weighted by molar-refractivity contribution is 5.98. The maximum Gasteiger partial charge on any atom is 0.251 e. The zero-order chi connectivity index (χ0) is 14.7. The second kappa shape index (κ2) is 6.05. The Morgan fingerprint density at radius 2 is 2.15 bits per heavy atom. The quantitative estimate of drug-likeness (QED) is 0.760. The van der Waals surface area contributed by atoms with Crippen LogP contribution in [0, 0.1) is 11.8 Å². The molecule has 1 aliphatic carbocycles. The highest BCUT2D eigenvalue weighted by Gasteiger charge is 2.39. The minimum absolute atomic E-state index is 0.0130. The first-order valence-corrected chi connectivity index (χ1v) is 6.84. The second-order valence-electron chi connectivity index (χ2n) is 5.45. The Balaban J connectivity index is 1.96. The molecule has 3 atom stereocenters. The number of benzene rings is 1. The van der Waals surface area contributed by atoms with Crippen LogP contribution in [0.4, 0.5) is 5.69 Å². The van der Waals surface area contributed by atoms with Gasteiger partial charge in [-0.15, -0.1) is 0 Å². The van der Waals surface area contributed by atoms with Gasteiger partial charge >= 0.3 is 0 Å². The molecule has 1 aromatic rings. The van der Waals surface area contributed by atoms with Crippen molar-refractivity contribution >= 4 is 17.5 Å². The Kier molecular flexibility index (Phi) is 4.39. The van der Waals surface area contributed by atoms with Crippen molar-refractivity contribution in [3.63, 3.8) is 0 Å². The number of nitrogens with one attached hydrogen (secondary N) is 2. The lowest BCUT2D eigenvalue weighted by Crippen LogP contribution is -2.30. The first-order valence-electron chi connectivity index (χ1n) is 6.84. The predicted molar refractivity (Wildman–Crippen MR) is 76.4 cm³/mol. The summed E-state index contributed by atoms with van der Waals surface area (Å²) in [6.07, 6.45) is 0.346. The molecule has 0 saturated heterocycles. The molecule has 0 heterocycles. The van der Waals surface area contributed by atoms with Crippen LogP contribution in [-0.2, 0) is 4.79 Å². The molecule has 108 valence electrons. The number of amides is 2. The van der Waals surface area contributed by atoms with E-state index in [0.29, 0.717) is 17.2 Å². The zero-order valence-electron chi connectivity index (χ0n) is 11.7. The molecule has 1 fully saturated rings. The van der Waals surface area contributed by atoms with Gasteiger partial charge in [-0.2, -0.15) is 0 Å². The lowest BCUT2D eigenvalue weighted by atomic mass is 10.1. The van der Waals surface area contributed by atoms with E-state index in [1.807, 2.05) is 6.92 Å². The normalized spacial score (nSPS) is 21.9. The maximum absolute atomic E-state index is 11.9. The molecule has 5 nitrogen and oxygen atoms in total. The van der Waals surface area contributed by atoms with Gasteiger partial charge in [0.05, 0.1) is 6.10 Å². The third kappa shape index (κ3) is 3.81. The van der Waals surface area contributed by atoms with E-state index in [1.165, 1.54) is 0 Å². The summed E-state index contributed by atoms with van der Waals surface area (Å²) in [5.74, 6) is 0.302. The molecule has 0 spiro atoms. The minimum atomic E-state index is -0.585. The molecule has 0 radical (unpaired) electrons. The van der Waals surface area contributed by atoms with Gasteiger partial charge < -0.3 is 15.7 Å². The van der Waals surface area contributed by atoms with Crippen LogP contribution in [-0.4, -0.2) is 29.6 Å². The zero-order valence-corrected chi connectivity index (χ0v) is 11.7. The predicted octanol–water partition coefficient (Wildman–Crippen LogP) is 1.39. The summed E-state index contributed by atoms with van der Waals surface area (Å²) in [6, 6.07) is 6.80. The number of rotatable bonds is 5. The van der Waals surface area contributed by atoms with Crippen LogP contribution in [0.2, 0.25) is 0 Å². The van der Waals surface area contributed by atoms with Gasteiger partial charge in [-0.05, 0) is 37.5 Å². The fraction of sp³-hybridized carbons (Fsp3) is 0.467. The van der Waals surface area contributed by atoms with Crippen molar-refractivity contribution in [1.29, 1.82) is 0 Å². The summed E-state index contributed by atoms with van der Waals surface area (Å²) in [6.45, 7) is 3.85. The van der Waals surface area contributed by atoms with Gasteiger partial charge in [0, 0.05) is 23.7 Å². The molecule has 3 unspecified atom stereocenters. The molecule has 1 saturated carbocycles. The third-order valence-electron chi connectivity index (χ3n) is 3.40. The number of aliphatic hydroxyl groups excluding tert-OH is 1. The Hall–Kier alpha value is -1.88. The Bertz CT molecular complexity index is 514. The second-order valence-corrected chi connectivity index (χ2v) is 5.45. The third-order valence-corrected chi connectivity index (χ3v) is 3.40. The maximum atomic E-state index is 11.9. The summed E-state index contributed by atoms with van der Waals surface area (Å²) in [7, 11) is 0. The summed E-state index contributed by atoms with van der Waals surface area (Å²) in [4.78, 5) is 23.7. The molecule has 2 amide bonds. The van der Waals surface area contributed by atoms with Crippen molar-refractivity contribution in [1.82, 2.24) is 5.32 Å². The molecular formula is C15H20N2O3. The van der Waals surface area contributed by atoms with Crippen LogP contribution < -0.4 is 10.6 Å². The summed E-state index contributed by atoms with van der Waals surface area (Å²) >= 11 is 0. The molecule has 3 N–H and O–H groups in total. The van der Waals surface area contributed by atoms with Crippen LogP contribution >= 0.6 is 0 Å². The van der Waals surface area contributed by atoms with Gasteiger partial charge in [0.25, 0.3) is 5.91 Å². The van der Waals surface area contributed by atoms with Gasteiger partial charge in [-0.3, -0.25) is 9.59 Å². The van der Waals surface area contributed by atoms with E-state index in [-0.39, 0.29) is 24.3 Å². The van der Waals surface area contributed by atoms with Crippen molar-refractivity contribution in [3.8, 4) is 0 Å². The van der Waals surface area contributed by atoms with E-state index in [0.717, 1.165) is 6.42 Å². The van der Waals surface area contributed by atoms with Gasteiger partial charge in [0.1, 0.15) is 0 Å². The summed E-state index contributed by atoms with van der Waals surface area (Å²) < 4.78 is 0. The molecule has 0 bridgehead atoms. The number of carbonyl (C=O) groups is 2. The number of hydrogen-bond donors (Lipinski definition) is 3. The molecule has 0 aromatic heterocycles. The van der Waals surface area contributed by atoms with Crippen molar-refractivity contribution in [2.75, 3.05) is 11.9 Å². The highest BCUT2D eigenvalue weighted by atomic mass is 16.3. The number of carbonyl (C=O) groups excluding carboxylic acids is 2. The summed E-state index contributed by atoms with van der Waals surface area (Å²) in [5, 5.41) is 14.6. The molecule has 5 heteroatoms. The van der Waals surface area contributed by atoms with Gasteiger partial charge in [0.15, 0.2) is 0 Å². The van der Waals surface area contributed by atoms with Crippen molar-refractivity contribution in [3.05, 3.63) is 29.8 Å². The van der Waals surface area contributed by atoms with Gasteiger partial charge in [0.2, 0.25) is 5.91 Å². The Morgan fingerprint density at radius 1 is 1.45 bits per heavy atom. The highest BCUT2D eigenvalue weighted by Crippen LogP contribution is 2.38. The van der Waals surface area contributed by atoms with E-state index < -0.39 is 6.10 Å². The smallest absolute Gasteiger partial charge is 0.251 e. The standard InChI is InChI=1S/C15H20N2O3/c1-9-6-13(9)15(20)17-12-5-3-4-11(7-12)14(19)16-8-10(2)18/h3-5,7,9-10,13,18H,6,8H2,1-2H3,(H,16,19)(H,17,20). The Morgan fingerprint density at radius 3 is 2.75 bits per heavy atom. The fourth-order valence-electron chi connectivity index (χ4n) is 2.00. The van der Waals surface area contributed by atoms with E-state index in [9.17, 15) is 9.59 Å². The Labute approximate surface area is 118 Å². The van der Waals surface area contributed by atoms with Gasteiger partial charge in [-0.1, -0.05) is 13.0 Å². The summed E-state index contributed by atoms with van der Waals surface area (Å²) in [5.41, 5.74) is 1.09. The molecule has 0 aliphatic heterocycles. The average molecular weight is 276 g/mol. The van der Waals surface area contributed by atoms with Crippen LogP contribution in [0.1, 0.15) is 30.6 Å². The monoisotopic (exact) mass is 276 g/mol. The van der Waals surface area contributed by atoms with Crippen molar-refractivity contribution < 1.29 is 14.7 Å². The topological polar surface area (TPSA) is 78.4 Å². The first-order chi connectivity index (χ1) is 9.47. The molecule has 1 aromatic carbocycles. The van der Waals surface area contributed by atoms with Crippen LogP contribution in [0.3, 0.4) is 0 Å². The average Bonchev–Trinajstić information content (AvgIpc) is 3.13. The largest absolute Gasteiger partial charge is 0.392 e. The van der Waals surface area contributed by atoms with Crippen LogP contribution in [0.15, 0.2) is 24.3 Å². The van der Waals surface area contributed by atoms with E-state index in [1.54, 1.807) is 31.2 Å². The molecular weight excluding hydrogens is 256 g/mol. The first kappa shape index (κ1) is 14.5. The number of hydrogen-bond acceptors (Lipinski definition) is 3. The van der Waals surface area contributed by atoms with E-state index in [2.05, 4.69) is 10.6 Å².